The number of nitrogens with zero attached hydrogens (tertiary/aromatic N) is 1. The molecule has 27 heavy (non-hydrogen) atoms. The summed E-state index contributed by atoms with van der Waals surface area (Å²) in [5, 5.41) is 2.18. The van der Waals surface area contributed by atoms with Gasteiger partial charge in [0.05, 0.1) is 12.8 Å². The maximum Gasteiger partial charge on any atom is 0.335 e. The largest absolute Gasteiger partial charge is 0.497 e. The van der Waals surface area contributed by atoms with Gasteiger partial charge in [0.2, 0.25) is 0 Å². The van der Waals surface area contributed by atoms with Gasteiger partial charge in [-0.2, -0.15) is 0 Å². The lowest BCUT2D eigenvalue weighted by Gasteiger charge is -2.26. The number of anilines is 1. The third kappa shape index (κ3) is 4.15. The second kappa shape index (κ2) is 8.01. The Balaban J connectivity index is 1.84. The van der Waals surface area contributed by atoms with E-state index in [4.69, 9.17) is 4.74 Å². The van der Waals surface area contributed by atoms with Crippen molar-refractivity contribution in [3.05, 3.63) is 76.3 Å². The number of benzene rings is 2. The fourth-order valence-electron chi connectivity index (χ4n) is 2.47. The number of barbiturate groups is 1. The van der Waals surface area contributed by atoms with Crippen molar-refractivity contribution in [2.24, 2.45) is 0 Å². The number of nitrogens with one attached hydrogen (secondary N) is 1. The number of allylic oxidation sites excluding steroid dienone is 2. The standard InChI is InChI=1S/C20H15BrN2O4/c1-27-16-11-5-13(6-12-16)3-2-4-17-18(24)22-20(26)23(19(17)25)15-9-7-14(21)8-10-15/h2-12H,1H3,(H,22,24,26)/b3-2+,17-4+. The first-order valence-corrected chi connectivity index (χ1v) is 8.76. The van der Waals surface area contributed by atoms with Crippen LogP contribution >= 0.6 is 15.9 Å². The predicted molar refractivity (Wildman–Crippen MR) is 105 cm³/mol. The molecular weight excluding hydrogens is 412 g/mol. The summed E-state index contributed by atoms with van der Waals surface area (Å²) in [6.45, 7) is 0. The molecule has 1 N–H and O–H groups in total. The minimum Gasteiger partial charge on any atom is -0.497 e. The van der Waals surface area contributed by atoms with E-state index in [9.17, 15) is 14.4 Å². The Morgan fingerprint density at radius 1 is 1.00 bits per heavy atom. The first-order valence-electron chi connectivity index (χ1n) is 7.97. The van der Waals surface area contributed by atoms with Gasteiger partial charge in [-0.25, -0.2) is 9.69 Å². The summed E-state index contributed by atoms with van der Waals surface area (Å²) >= 11 is 3.30. The van der Waals surface area contributed by atoms with Crippen molar-refractivity contribution in [3.8, 4) is 5.75 Å². The predicted octanol–water partition coefficient (Wildman–Crippen LogP) is 3.68. The normalized spacial score (nSPS) is 16.1. The second-order valence-corrected chi connectivity index (χ2v) is 6.50. The highest BCUT2D eigenvalue weighted by Gasteiger charge is 2.36. The van der Waals surface area contributed by atoms with E-state index < -0.39 is 17.8 Å². The number of carbonyl (C=O) groups is 3. The summed E-state index contributed by atoms with van der Waals surface area (Å²) in [4.78, 5) is 37.8. The molecular formula is C20H15BrN2O4. The minimum absolute atomic E-state index is 0.123. The maximum absolute atomic E-state index is 12.7. The Hall–Kier alpha value is -3.19. The third-order valence-electron chi connectivity index (χ3n) is 3.85. The highest BCUT2D eigenvalue weighted by Crippen LogP contribution is 2.22. The van der Waals surface area contributed by atoms with Crippen molar-refractivity contribution < 1.29 is 19.1 Å². The van der Waals surface area contributed by atoms with Crippen LogP contribution in [0.5, 0.6) is 5.75 Å². The van der Waals surface area contributed by atoms with Crippen molar-refractivity contribution in [3.63, 3.8) is 0 Å². The molecule has 0 spiro atoms. The van der Waals surface area contributed by atoms with Crippen LogP contribution in [0.2, 0.25) is 0 Å². The fraction of sp³-hybridized carbons (Fsp3) is 0.0500. The van der Waals surface area contributed by atoms with Crippen molar-refractivity contribution >= 4 is 45.5 Å². The number of ether oxygens (including phenoxy) is 1. The number of hydrogen-bond acceptors (Lipinski definition) is 4. The molecule has 136 valence electrons. The number of methoxy groups -OCH3 is 1. The van der Waals surface area contributed by atoms with Crippen LogP contribution < -0.4 is 15.0 Å². The molecule has 0 unspecified atom stereocenters. The molecule has 3 rings (SSSR count). The van der Waals surface area contributed by atoms with Gasteiger partial charge in [0, 0.05) is 4.47 Å². The van der Waals surface area contributed by atoms with Crippen LogP contribution in [0.1, 0.15) is 5.56 Å². The summed E-state index contributed by atoms with van der Waals surface area (Å²) in [6.07, 6.45) is 4.72. The molecule has 0 saturated carbocycles. The molecule has 0 aliphatic carbocycles. The first kappa shape index (κ1) is 18.6. The summed E-state index contributed by atoms with van der Waals surface area (Å²) in [5.41, 5.74) is 1.12. The van der Waals surface area contributed by atoms with Crippen molar-refractivity contribution in [1.82, 2.24) is 5.32 Å². The Morgan fingerprint density at radius 3 is 2.30 bits per heavy atom. The van der Waals surface area contributed by atoms with E-state index in [0.29, 0.717) is 5.69 Å². The van der Waals surface area contributed by atoms with Gasteiger partial charge in [-0.3, -0.25) is 14.9 Å². The van der Waals surface area contributed by atoms with Gasteiger partial charge in [0.1, 0.15) is 11.3 Å². The van der Waals surface area contributed by atoms with Gasteiger partial charge in [0.25, 0.3) is 11.8 Å². The van der Waals surface area contributed by atoms with E-state index in [0.717, 1.165) is 20.7 Å². The average molecular weight is 427 g/mol. The molecule has 2 aromatic rings. The van der Waals surface area contributed by atoms with Crippen LogP contribution in [0.25, 0.3) is 6.08 Å². The molecule has 0 atom stereocenters. The van der Waals surface area contributed by atoms with Crippen LogP contribution in [0.15, 0.2) is 70.7 Å². The quantitative estimate of drug-likeness (QED) is 0.597. The summed E-state index contributed by atoms with van der Waals surface area (Å²) < 4.78 is 5.90. The second-order valence-electron chi connectivity index (χ2n) is 5.59. The van der Waals surface area contributed by atoms with Gasteiger partial charge in [-0.1, -0.05) is 40.2 Å². The lowest BCUT2D eigenvalue weighted by molar-refractivity contribution is -0.122. The molecule has 1 fully saturated rings. The van der Waals surface area contributed by atoms with E-state index in [-0.39, 0.29) is 5.57 Å². The smallest absolute Gasteiger partial charge is 0.335 e. The summed E-state index contributed by atoms with van der Waals surface area (Å²) in [6, 6.07) is 13.2. The molecule has 1 aliphatic rings. The number of rotatable bonds is 4. The van der Waals surface area contributed by atoms with Gasteiger partial charge in [0.15, 0.2) is 0 Å². The van der Waals surface area contributed by atoms with Crippen LogP contribution in [-0.4, -0.2) is 25.0 Å². The number of halogens is 1. The molecule has 0 aromatic heterocycles. The van der Waals surface area contributed by atoms with Crippen LogP contribution in [-0.2, 0) is 9.59 Å². The average Bonchev–Trinajstić information content (AvgIpc) is 2.66. The SMILES string of the molecule is COc1ccc(/C=C/C=C2\C(=O)NC(=O)N(c3ccc(Br)cc3)C2=O)cc1. The minimum atomic E-state index is -0.774. The van der Waals surface area contributed by atoms with Crippen LogP contribution in [0, 0.1) is 0 Å². The Morgan fingerprint density at radius 2 is 1.67 bits per heavy atom. The van der Waals surface area contributed by atoms with E-state index >= 15 is 0 Å². The van der Waals surface area contributed by atoms with Crippen molar-refractivity contribution in [1.29, 1.82) is 0 Å². The summed E-state index contributed by atoms with van der Waals surface area (Å²) in [5.74, 6) is -0.667. The van der Waals surface area contributed by atoms with Gasteiger partial charge in [-0.15, -0.1) is 0 Å². The lowest BCUT2D eigenvalue weighted by atomic mass is 10.1. The number of imide groups is 2. The molecule has 6 nitrogen and oxygen atoms in total. The van der Waals surface area contributed by atoms with E-state index in [1.165, 1.54) is 6.08 Å². The first-order chi connectivity index (χ1) is 13.0. The fourth-order valence-corrected chi connectivity index (χ4v) is 2.74. The van der Waals surface area contributed by atoms with Crippen molar-refractivity contribution in [2.45, 2.75) is 0 Å². The van der Waals surface area contributed by atoms with Gasteiger partial charge < -0.3 is 4.74 Å². The topological polar surface area (TPSA) is 75.7 Å². The van der Waals surface area contributed by atoms with E-state index in [1.807, 2.05) is 12.1 Å². The van der Waals surface area contributed by atoms with E-state index in [1.54, 1.807) is 55.7 Å². The highest BCUT2D eigenvalue weighted by atomic mass is 79.9. The molecule has 0 radical (unpaired) electrons. The molecule has 1 saturated heterocycles. The number of amides is 4. The Labute approximate surface area is 164 Å². The van der Waals surface area contributed by atoms with Crippen LogP contribution in [0.3, 0.4) is 0 Å². The van der Waals surface area contributed by atoms with E-state index in [2.05, 4.69) is 21.2 Å². The molecule has 7 heteroatoms. The Kier molecular flexibility index (Phi) is 5.52. The maximum atomic E-state index is 12.7. The number of urea groups is 1. The zero-order chi connectivity index (χ0) is 19.4. The molecule has 4 amide bonds. The van der Waals surface area contributed by atoms with Crippen molar-refractivity contribution in [2.75, 3.05) is 12.0 Å². The lowest BCUT2D eigenvalue weighted by Crippen LogP contribution is -2.54. The molecule has 2 aromatic carbocycles. The summed E-state index contributed by atoms with van der Waals surface area (Å²) in [7, 11) is 1.58. The monoisotopic (exact) mass is 426 g/mol. The van der Waals surface area contributed by atoms with Gasteiger partial charge in [-0.05, 0) is 48.0 Å². The number of hydrogen-bond donors (Lipinski definition) is 1. The van der Waals surface area contributed by atoms with Gasteiger partial charge >= 0.3 is 6.03 Å². The molecule has 1 aliphatic heterocycles. The zero-order valence-electron chi connectivity index (χ0n) is 14.3. The Bertz CT molecular complexity index is 947. The third-order valence-corrected chi connectivity index (χ3v) is 4.38. The van der Waals surface area contributed by atoms with Crippen LogP contribution in [0.4, 0.5) is 10.5 Å². The zero-order valence-corrected chi connectivity index (χ0v) is 15.9. The molecule has 0 bridgehead atoms. The number of carbonyl (C=O) groups excluding carboxylic acids is 3. The molecule has 1 heterocycles. The highest BCUT2D eigenvalue weighted by molar-refractivity contribution is 9.10.